The van der Waals surface area contributed by atoms with Crippen LogP contribution in [0.15, 0.2) is 16.8 Å². The van der Waals surface area contributed by atoms with E-state index in [-0.39, 0.29) is 5.91 Å². The average molecular weight is 185 g/mol. The lowest BCUT2D eigenvalue weighted by Gasteiger charge is -2.14. The fourth-order valence-electron chi connectivity index (χ4n) is 0.865. The number of aliphatic hydroxyl groups excluding tert-OH is 1. The number of thiophene rings is 1. The van der Waals surface area contributed by atoms with E-state index < -0.39 is 6.61 Å². The first-order valence-electron chi connectivity index (χ1n) is 3.60. The van der Waals surface area contributed by atoms with Gasteiger partial charge in [0.2, 0.25) is 5.91 Å². The molecule has 1 amide bonds. The maximum Gasteiger partial charge on any atom is 0.248 e. The van der Waals surface area contributed by atoms with Crippen LogP contribution in [0, 0.1) is 0 Å². The second-order valence-electron chi connectivity index (χ2n) is 2.54. The Balaban J connectivity index is 2.47. The molecule has 66 valence electrons. The predicted octanol–water partition coefficient (Wildman–Crippen LogP) is 0.699. The number of carbonyl (C=O) groups excluding carboxylic acids is 1. The highest BCUT2D eigenvalue weighted by Gasteiger charge is 2.06. The molecule has 0 aromatic carbocycles. The number of likely N-dealkylation sites (N-methyl/N-ethyl adjacent to an activating group) is 1. The minimum Gasteiger partial charge on any atom is -0.387 e. The summed E-state index contributed by atoms with van der Waals surface area (Å²) < 4.78 is 0. The van der Waals surface area contributed by atoms with Crippen molar-refractivity contribution in [3.8, 4) is 0 Å². The SMILES string of the molecule is CN(Cc1ccsc1)C(=O)CO. The molecule has 0 radical (unpaired) electrons. The molecule has 4 heteroatoms. The van der Waals surface area contributed by atoms with E-state index in [0.717, 1.165) is 5.56 Å². The highest BCUT2D eigenvalue weighted by molar-refractivity contribution is 7.07. The maximum absolute atomic E-state index is 10.9. The summed E-state index contributed by atoms with van der Waals surface area (Å²) in [4.78, 5) is 12.4. The second kappa shape index (κ2) is 4.23. The van der Waals surface area contributed by atoms with Crippen molar-refractivity contribution in [2.24, 2.45) is 0 Å². The molecule has 1 aromatic rings. The summed E-state index contributed by atoms with van der Waals surface area (Å²) in [5.41, 5.74) is 1.10. The van der Waals surface area contributed by atoms with Crippen molar-refractivity contribution in [1.29, 1.82) is 0 Å². The summed E-state index contributed by atoms with van der Waals surface area (Å²) in [6, 6.07) is 1.96. The quantitative estimate of drug-likeness (QED) is 0.753. The number of aliphatic hydroxyl groups is 1. The van der Waals surface area contributed by atoms with Gasteiger partial charge in [0.25, 0.3) is 0 Å². The third-order valence-corrected chi connectivity index (χ3v) is 2.29. The van der Waals surface area contributed by atoms with Crippen molar-refractivity contribution in [2.45, 2.75) is 6.54 Å². The number of carbonyl (C=O) groups is 1. The van der Waals surface area contributed by atoms with E-state index in [1.165, 1.54) is 4.90 Å². The molecule has 1 aromatic heterocycles. The first-order valence-corrected chi connectivity index (χ1v) is 4.54. The number of rotatable bonds is 3. The first kappa shape index (κ1) is 9.22. The van der Waals surface area contributed by atoms with Crippen molar-refractivity contribution in [3.05, 3.63) is 22.4 Å². The van der Waals surface area contributed by atoms with Gasteiger partial charge in [-0.15, -0.1) is 0 Å². The molecule has 0 saturated carbocycles. The zero-order chi connectivity index (χ0) is 8.97. The van der Waals surface area contributed by atoms with Crippen LogP contribution in [0.4, 0.5) is 0 Å². The zero-order valence-corrected chi connectivity index (χ0v) is 7.67. The van der Waals surface area contributed by atoms with Gasteiger partial charge in [-0.25, -0.2) is 0 Å². The molecule has 0 fully saturated rings. The highest BCUT2D eigenvalue weighted by Crippen LogP contribution is 2.07. The Bertz CT molecular complexity index is 246. The summed E-state index contributed by atoms with van der Waals surface area (Å²) in [6.07, 6.45) is 0. The zero-order valence-electron chi connectivity index (χ0n) is 6.86. The Labute approximate surface area is 75.2 Å². The van der Waals surface area contributed by atoms with Gasteiger partial charge >= 0.3 is 0 Å². The number of hydrogen-bond donors (Lipinski definition) is 1. The van der Waals surface area contributed by atoms with Crippen LogP contribution < -0.4 is 0 Å². The largest absolute Gasteiger partial charge is 0.387 e. The van der Waals surface area contributed by atoms with E-state index in [1.807, 2.05) is 16.8 Å². The number of amides is 1. The molecule has 0 unspecified atom stereocenters. The van der Waals surface area contributed by atoms with Crippen molar-refractivity contribution in [3.63, 3.8) is 0 Å². The minimum atomic E-state index is -0.416. The lowest BCUT2D eigenvalue weighted by Crippen LogP contribution is -2.28. The third-order valence-electron chi connectivity index (χ3n) is 1.56. The molecule has 0 aliphatic heterocycles. The van der Waals surface area contributed by atoms with Gasteiger partial charge in [0.15, 0.2) is 0 Å². The summed E-state index contributed by atoms with van der Waals surface area (Å²) in [5, 5.41) is 12.5. The standard InChI is InChI=1S/C8H11NO2S/c1-9(8(11)5-10)4-7-2-3-12-6-7/h2-3,6,10H,4-5H2,1H3. The average Bonchev–Trinajstić information content (AvgIpc) is 2.55. The van der Waals surface area contributed by atoms with E-state index in [4.69, 9.17) is 5.11 Å². The molecule has 1 heterocycles. The summed E-state index contributed by atoms with van der Waals surface area (Å²) in [7, 11) is 1.68. The molecule has 0 atom stereocenters. The molecule has 0 spiro atoms. The van der Waals surface area contributed by atoms with Gasteiger partial charge in [-0.3, -0.25) is 4.79 Å². The normalized spacial score (nSPS) is 9.83. The van der Waals surface area contributed by atoms with E-state index in [2.05, 4.69) is 0 Å². The Hall–Kier alpha value is -0.870. The van der Waals surface area contributed by atoms with Crippen LogP contribution in [0.2, 0.25) is 0 Å². The first-order chi connectivity index (χ1) is 5.74. The van der Waals surface area contributed by atoms with Crippen LogP contribution in [0.1, 0.15) is 5.56 Å². The van der Waals surface area contributed by atoms with Gasteiger partial charge < -0.3 is 10.0 Å². The topological polar surface area (TPSA) is 40.5 Å². The lowest BCUT2D eigenvalue weighted by atomic mass is 10.3. The van der Waals surface area contributed by atoms with Crippen molar-refractivity contribution < 1.29 is 9.90 Å². The van der Waals surface area contributed by atoms with Crippen LogP contribution in [0.3, 0.4) is 0 Å². The molecule has 1 N–H and O–H groups in total. The fourth-order valence-corrected chi connectivity index (χ4v) is 1.53. The van der Waals surface area contributed by atoms with E-state index in [9.17, 15) is 4.79 Å². The van der Waals surface area contributed by atoms with Gasteiger partial charge in [0.1, 0.15) is 6.61 Å². The van der Waals surface area contributed by atoms with Gasteiger partial charge in [-0.1, -0.05) is 0 Å². The van der Waals surface area contributed by atoms with Crippen molar-refractivity contribution in [1.82, 2.24) is 4.90 Å². The predicted molar refractivity (Wildman–Crippen MR) is 47.9 cm³/mol. The summed E-state index contributed by atoms with van der Waals surface area (Å²) in [6.45, 7) is 0.156. The molecule has 0 aliphatic rings. The van der Waals surface area contributed by atoms with Crippen LogP contribution in [0.25, 0.3) is 0 Å². The number of nitrogens with zero attached hydrogens (tertiary/aromatic N) is 1. The van der Waals surface area contributed by atoms with E-state index in [1.54, 1.807) is 18.4 Å². The molecule has 3 nitrogen and oxygen atoms in total. The maximum atomic E-state index is 10.9. The molecule has 0 aliphatic carbocycles. The van der Waals surface area contributed by atoms with Crippen molar-refractivity contribution >= 4 is 17.2 Å². The monoisotopic (exact) mass is 185 g/mol. The molecule has 0 saturated heterocycles. The molecule has 0 bridgehead atoms. The Morgan fingerprint density at radius 2 is 2.50 bits per heavy atom. The van der Waals surface area contributed by atoms with Gasteiger partial charge in [-0.05, 0) is 22.4 Å². The summed E-state index contributed by atoms with van der Waals surface area (Å²) >= 11 is 1.60. The molecule has 1 rings (SSSR count). The van der Waals surface area contributed by atoms with Gasteiger partial charge in [0.05, 0.1) is 0 Å². The smallest absolute Gasteiger partial charge is 0.248 e. The highest BCUT2D eigenvalue weighted by atomic mass is 32.1. The second-order valence-corrected chi connectivity index (χ2v) is 3.32. The molecular formula is C8H11NO2S. The van der Waals surface area contributed by atoms with Gasteiger partial charge in [-0.2, -0.15) is 11.3 Å². The number of hydrogen-bond acceptors (Lipinski definition) is 3. The van der Waals surface area contributed by atoms with Crippen LogP contribution in [0.5, 0.6) is 0 Å². The van der Waals surface area contributed by atoms with E-state index >= 15 is 0 Å². The fraction of sp³-hybridized carbons (Fsp3) is 0.375. The molecule has 12 heavy (non-hydrogen) atoms. The van der Waals surface area contributed by atoms with Crippen LogP contribution in [-0.4, -0.2) is 29.6 Å². The third kappa shape index (κ3) is 2.32. The minimum absolute atomic E-state index is 0.249. The Morgan fingerprint density at radius 3 is 3.00 bits per heavy atom. The van der Waals surface area contributed by atoms with Crippen LogP contribution in [-0.2, 0) is 11.3 Å². The Kier molecular flexibility index (Phi) is 3.25. The van der Waals surface area contributed by atoms with Gasteiger partial charge in [0, 0.05) is 13.6 Å². The van der Waals surface area contributed by atoms with Crippen LogP contribution >= 0.6 is 11.3 Å². The molecular weight excluding hydrogens is 174 g/mol. The Morgan fingerprint density at radius 1 is 1.75 bits per heavy atom. The lowest BCUT2D eigenvalue weighted by molar-refractivity contribution is -0.133. The van der Waals surface area contributed by atoms with Crippen molar-refractivity contribution in [2.75, 3.05) is 13.7 Å². The summed E-state index contributed by atoms with van der Waals surface area (Å²) in [5.74, 6) is -0.249. The van der Waals surface area contributed by atoms with E-state index in [0.29, 0.717) is 6.54 Å².